The second-order valence-corrected chi connectivity index (χ2v) is 11.4. The second-order valence-electron chi connectivity index (χ2n) is 11.4. The van der Waals surface area contributed by atoms with Crippen molar-refractivity contribution in [1.82, 2.24) is 24.3 Å². The lowest BCUT2D eigenvalue weighted by Gasteiger charge is -2.12. The molecule has 10 nitrogen and oxygen atoms in total. The van der Waals surface area contributed by atoms with E-state index in [-0.39, 0.29) is 11.8 Å². The SMILES string of the molecule is CO/C(N)=C(/C=Nc1ccccc1)N=Cc1c(N)cccc1-c1nc(-c2cc3cn(C)nc3nc2C(C)C)n(C)c1C1CC1. The number of methoxy groups -OCH3 is 1. The fraction of sp³-hybridized carbons (Fsp3) is 0.265. The Bertz CT molecular complexity index is 1930. The summed E-state index contributed by atoms with van der Waals surface area (Å²) in [7, 11) is 5.51. The van der Waals surface area contributed by atoms with Gasteiger partial charge in [-0.1, -0.05) is 44.2 Å². The predicted molar refractivity (Wildman–Crippen MR) is 177 cm³/mol. The first-order chi connectivity index (χ1) is 21.2. The normalized spacial score (nSPS) is 14.3. The van der Waals surface area contributed by atoms with Gasteiger partial charge in [-0.3, -0.25) is 9.67 Å². The van der Waals surface area contributed by atoms with Crippen LogP contribution in [-0.4, -0.2) is 43.9 Å². The molecule has 5 aromatic rings. The number of nitrogens with zero attached hydrogens (tertiary/aromatic N) is 7. The Hall–Kier alpha value is -5.25. The highest BCUT2D eigenvalue weighted by Gasteiger charge is 2.33. The molecule has 0 radical (unpaired) electrons. The number of benzene rings is 2. The van der Waals surface area contributed by atoms with Gasteiger partial charge < -0.3 is 20.8 Å². The number of anilines is 1. The van der Waals surface area contributed by atoms with Gasteiger partial charge in [0.1, 0.15) is 11.5 Å². The van der Waals surface area contributed by atoms with E-state index in [9.17, 15) is 0 Å². The summed E-state index contributed by atoms with van der Waals surface area (Å²) in [6, 6.07) is 17.6. The molecule has 3 heterocycles. The van der Waals surface area contributed by atoms with E-state index in [4.69, 9.17) is 31.2 Å². The van der Waals surface area contributed by atoms with Crippen molar-refractivity contribution in [3.05, 3.63) is 89.3 Å². The van der Waals surface area contributed by atoms with Gasteiger partial charge >= 0.3 is 0 Å². The highest BCUT2D eigenvalue weighted by atomic mass is 16.5. The largest absolute Gasteiger partial charge is 0.481 e. The second kappa shape index (κ2) is 11.8. The van der Waals surface area contributed by atoms with Crippen LogP contribution in [0.1, 0.15) is 55.5 Å². The number of para-hydroxylation sites is 1. The van der Waals surface area contributed by atoms with Crippen molar-refractivity contribution in [2.75, 3.05) is 12.8 Å². The zero-order valence-electron chi connectivity index (χ0n) is 25.7. The standard InChI is InChI=1S/C34H37N9O/c1-20(2)29-25(16-22-19-42(3)41-33(22)39-29)34-40-30(31(43(34)4)21-14-15-21)24-12-9-13-27(35)26(24)17-38-28(32(36)44-5)18-37-23-10-7-6-8-11-23/h6-13,16-21H,14-15,35-36H2,1-5H3/b32-28-,37-18?,38-17?. The van der Waals surface area contributed by atoms with Crippen molar-refractivity contribution in [2.24, 2.45) is 29.8 Å². The van der Waals surface area contributed by atoms with Crippen LogP contribution in [0.4, 0.5) is 11.4 Å². The molecule has 0 bridgehead atoms. The Kier molecular flexibility index (Phi) is 7.73. The van der Waals surface area contributed by atoms with E-state index in [0.29, 0.717) is 17.3 Å². The van der Waals surface area contributed by atoms with Crippen LogP contribution in [-0.2, 0) is 18.8 Å². The van der Waals surface area contributed by atoms with Crippen LogP contribution < -0.4 is 11.5 Å². The number of aromatic nitrogens is 5. The lowest BCUT2D eigenvalue weighted by Crippen LogP contribution is -2.05. The number of rotatable bonds is 9. The maximum Gasteiger partial charge on any atom is 0.212 e. The molecule has 0 aliphatic heterocycles. The molecule has 1 aliphatic rings. The number of aryl methyl sites for hydroxylation is 1. The number of nitrogens with two attached hydrogens (primary N) is 2. The van der Waals surface area contributed by atoms with E-state index in [1.54, 1.807) is 17.1 Å². The predicted octanol–water partition coefficient (Wildman–Crippen LogP) is 6.21. The summed E-state index contributed by atoms with van der Waals surface area (Å²) >= 11 is 0. The highest BCUT2D eigenvalue weighted by Crippen LogP contribution is 2.47. The molecule has 10 heteroatoms. The smallest absolute Gasteiger partial charge is 0.212 e. The number of pyridine rings is 1. The number of hydrogen-bond acceptors (Lipinski definition) is 8. The van der Waals surface area contributed by atoms with Gasteiger partial charge in [0.05, 0.1) is 30.4 Å². The van der Waals surface area contributed by atoms with Gasteiger partial charge in [-0.2, -0.15) is 5.10 Å². The third-order valence-electron chi connectivity index (χ3n) is 7.82. The van der Waals surface area contributed by atoms with Crippen LogP contribution in [0.2, 0.25) is 0 Å². The lowest BCUT2D eigenvalue weighted by molar-refractivity contribution is 0.284. The summed E-state index contributed by atoms with van der Waals surface area (Å²) in [4.78, 5) is 19.5. The molecule has 0 saturated heterocycles. The lowest BCUT2D eigenvalue weighted by atomic mass is 10.0. The van der Waals surface area contributed by atoms with E-state index >= 15 is 0 Å². The summed E-state index contributed by atoms with van der Waals surface area (Å²) in [5.74, 6) is 1.62. The number of imidazole rings is 1. The van der Waals surface area contributed by atoms with Crippen LogP contribution in [0.15, 0.2) is 82.4 Å². The summed E-state index contributed by atoms with van der Waals surface area (Å²) in [6.45, 7) is 4.30. The molecular weight excluding hydrogens is 550 g/mol. The first-order valence-corrected chi connectivity index (χ1v) is 14.7. The molecule has 0 unspecified atom stereocenters. The van der Waals surface area contributed by atoms with Crippen molar-refractivity contribution in [1.29, 1.82) is 0 Å². The van der Waals surface area contributed by atoms with Gasteiger partial charge in [-0.15, -0.1) is 0 Å². The maximum atomic E-state index is 6.59. The molecule has 224 valence electrons. The fourth-order valence-electron chi connectivity index (χ4n) is 5.46. The first kappa shape index (κ1) is 28.9. The molecule has 0 spiro atoms. The van der Waals surface area contributed by atoms with E-state index < -0.39 is 0 Å². The average molecular weight is 588 g/mol. The fourth-order valence-corrected chi connectivity index (χ4v) is 5.46. The molecule has 0 amide bonds. The zero-order chi connectivity index (χ0) is 31.0. The van der Waals surface area contributed by atoms with Crippen LogP contribution >= 0.6 is 0 Å². The molecule has 44 heavy (non-hydrogen) atoms. The molecule has 3 aromatic heterocycles. The van der Waals surface area contributed by atoms with Crippen molar-refractivity contribution < 1.29 is 4.74 Å². The molecule has 1 aliphatic carbocycles. The highest BCUT2D eigenvalue weighted by molar-refractivity contribution is 5.98. The average Bonchev–Trinajstić information content (AvgIpc) is 3.70. The van der Waals surface area contributed by atoms with Crippen LogP contribution in [0, 0.1) is 0 Å². The van der Waals surface area contributed by atoms with Gasteiger partial charge in [0, 0.05) is 65.9 Å². The third kappa shape index (κ3) is 5.58. The Morgan fingerprint density at radius 2 is 1.82 bits per heavy atom. The Morgan fingerprint density at radius 1 is 1.05 bits per heavy atom. The first-order valence-electron chi connectivity index (χ1n) is 14.7. The summed E-state index contributed by atoms with van der Waals surface area (Å²) in [6.07, 6.45) is 7.53. The minimum absolute atomic E-state index is 0.148. The number of fused-ring (bicyclic) bond motifs is 1. The van der Waals surface area contributed by atoms with E-state index in [1.165, 1.54) is 12.8 Å². The zero-order valence-corrected chi connectivity index (χ0v) is 25.7. The number of nitrogen functional groups attached to an aromatic ring is 1. The number of ether oxygens (including phenoxy) is 1. The van der Waals surface area contributed by atoms with Gasteiger partial charge in [-0.25, -0.2) is 15.0 Å². The molecule has 2 aromatic carbocycles. The maximum absolute atomic E-state index is 6.59. The van der Waals surface area contributed by atoms with Gasteiger partial charge in [0.15, 0.2) is 5.65 Å². The Morgan fingerprint density at radius 3 is 2.52 bits per heavy atom. The number of aliphatic imine (C=N–C) groups is 2. The van der Waals surface area contributed by atoms with Crippen molar-refractivity contribution >= 4 is 34.8 Å². The minimum Gasteiger partial charge on any atom is -0.481 e. The van der Waals surface area contributed by atoms with E-state index in [2.05, 4.69) is 41.6 Å². The van der Waals surface area contributed by atoms with Gasteiger partial charge in [0.2, 0.25) is 5.88 Å². The molecule has 0 atom stereocenters. The molecule has 4 N–H and O–H groups in total. The molecule has 1 saturated carbocycles. The summed E-state index contributed by atoms with van der Waals surface area (Å²) in [5, 5.41) is 5.53. The van der Waals surface area contributed by atoms with Crippen LogP contribution in [0.5, 0.6) is 0 Å². The quantitative estimate of drug-likeness (QED) is 0.120. The van der Waals surface area contributed by atoms with Gasteiger partial charge in [0.25, 0.3) is 0 Å². The Labute approximate surface area is 256 Å². The van der Waals surface area contributed by atoms with Crippen LogP contribution in [0.25, 0.3) is 33.7 Å². The number of allylic oxidation sites excluding steroid dienone is 1. The number of hydrogen-bond donors (Lipinski definition) is 2. The van der Waals surface area contributed by atoms with Crippen LogP contribution in [0.3, 0.4) is 0 Å². The van der Waals surface area contributed by atoms with Crippen molar-refractivity contribution in [2.45, 2.75) is 38.5 Å². The van der Waals surface area contributed by atoms with E-state index in [0.717, 1.165) is 63.5 Å². The minimum atomic E-state index is 0.148. The van der Waals surface area contributed by atoms with Gasteiger partial charge in [-0.05, 0) is 43.0 Å². The molecule has 6 rings (SSSR count). The topological polar surface area (TPSA) is 135 Å². The summed E-state index contributed by atoms with van der Waals surface area (Å²) < 4.78 is 9.34. The van der Waals surface area contributed by atoms with E-state index in [1.807, 2.05) is 61.8 Å². The molecular formula is C34H37N9O. The van der Waals surface area contributed by atoms with Crippen molar-refractivity contribution in [3.63, 3.8) is 0 Å². The molecule has 1 fully saturated rings. The Balaban J connectivity index is 1.48. The monoisotopic (exact) mass is 587 g/mol. The third-order valence-corrected chi connectivity index (χ3v) is 7.82. The van der Waals surface area contributed by atoms with Crippen molar-refractivity contribution in [3.8, 4) is 22.6 Å². The summed E-state index contributed by atoms with van der Waals surface area (Å²) in [5.41, 5.74) is 20.9.